The number of aromatic nitrogens is 2. The fraction of sp³-hybridized carbons (Fsp3) is 0.286. The number of hydrogen-bond donors (Lipinski definition) is 1. The zero-order valence-corrected chi connectivity index (χ0v) is 15.9. The van der Waals surface area contributed by atoms with Gasteiger partial charge in [-0.25, -0.2) is 4.39 Å². The van der Waals surface area contributed by atoms with Crippen molar-refractivity contribution in [3.05, 3.63) is 76.3 Å². The van der Waals surface area contributed by atoms with Crippen LogP contribution in [0.15, 0.2) is 59.5 Å². The third kappa shape index (κ3) is 4.61. The van der Waals surface area contributed by atoms with Crippen LogP contribution in [0.2, 0.25) is 0 Å². The second-order valence-electron chi connectivity index (χ2n) is 6.83. The van der Waals surface area contributed by atoms with Gasteiger partial charge in [0.05, 0.1) is 24.3 Å². The standard InChI is InChI=1S/C21H23FN4O2/c1-25(2)19(15-7-9-16(22)10-8-15)13-23-21(28)11-12-26-18-6-4-3-5-17(18)20(27)14-24-26/h3-10,14,19H,11-13H2,1-2H3,(H,23,28). The zero-order chi connectivity index (χ0) is 20.1. The molecule has 0 aliphatic rings. The number of nitrogens with zero attached hydrogens (tertiary/aromatic N) is 3. The van der Waals surface area contributed by atoms with Gasteiger partial charge in [0.1, 0.15) is 5.82 Å². The predicted molar refractivity (Wildman–Crippen MR) is 106 cm³/mol. The average Bonchev–Trinajstić information content (AvgIpc) is 2.69. The first-order chi connectivity index (χ1) is 13.5. The average molecular weight is 382 g/mol. The molecule has 3 rings (SSSR count). The van der Waals surface area contributed by atoms with Crippen molar-refractivity contribution in [3.63, 3.8) is 0 Å². The van der Waals surface area contributed by atoms with Gasteiger partial charge < -0.3 is 10.2 Å². The highest BCUT2D eigenvalue weighted by atomic mass is 19.1. The van der Waals surface area contributed by atoms with Gasteiger partial charge in [0.25, 0.3) is 0 Å². The van der Waals surface area contributed by atoms with E-state index in [0.29, 0.717) is 24.0 Å². The zero-order valence-electron chi connectivity index (χ0n) is 15.9. The Labute approximate surface area is 162 Å². The molecular weight excluding hydrogens is 359 g/mol. The topological polar surface area (TPSA) is 67.2 Å². The van der Waals surface area contributed by atoms with E-state index < -0.39 is 0 Å². The summed E-state index contributed by atoms with van der Waals surface area (Å²) in [5, 5.41) is 7.65. The van der Waals surface area contributed by atoms with Gasteiger partial charge in [0, 0.05) is 18.4 Å². The minimum absolute atomic E-state index is 0.0593. The number of aryl methyl sites for hydroxylation is 1. The minimum atomic E-state index is -0.286. The third-order valence-corrected chi connectivity index (χ3v) is 4.68. The van der Waals surface area contributed by atoms with Crippen LogP contribution in [-0.2, 0) is 11.3 Å². The maximum Gasteiger partial charge on any atom is 0.221 e. The molecule has 1 amide bonds. The van der Waals surface area contributed by atoms with E-state index in [1.165, 1.54) is 18.3 Å². The molecule has 6 nitrogen and oxygen atoms in total. The molecule has 1 heterocycles. The summed E-state index contributed by atoms with van der Waals surface area (Å²) in [6.45, 7) is 0.783. The summed E-state index contributed by atoms with van der Waals surface area (Å²) in [6.07, 6.45) is 1.51. The summed E-state index contributed by atoms with van der Waals surface area (Å²) in [6, 6.07) is 13.4. The smallest absolute Gasteiger partial charge is 0.221 e. The fourth-order valence-corrected chi connectivity index (χ4v) is 3.13. The second kappa shape index (κ2) is 8.75. The molecule has 1 aromatic heterocycles. The summed E-state index contributed by atoms with van der Waals surface area (Å²) in [5.41, 5.74) is 1.50. The van der Waals surface area contributed by atoms with Crippen molar-refractivity contribution in [2.24, 2.45) is 0 Å². The number of fused-ring (bicyclic) bond motifs is 1. The van der Waals surface area contributed by atoms with E-state index in [1.807, 2.05) is 31.1 Å². The van der Waals surface area contributed by atoms with E-state index in [-0.39, 0.29) is 29.6 Å². The number of rotatable bonds is 7. The van der Waals surface area contributed by atoms with Crippen molar-refractivity contribution < 1.29 is 9.18 Å². The summed E-state index contributed by atoms with van der Waals surface area (Å²) >= 11 is 0. The Kier molecular flexibility index (Phi) is 6.16. The van der Waals surface area contributed by atoms with Crippen molar-refractivity contribution in [2.45, 2.75) is 19.0 Å². The van der Waals surface area contributed by atoms with Crippen LogP contribution < -0.4 is 10.7 Å². The Morgan fingerprint density at radius 3 is 2.61 bits per heavy atom. The lowest BCUT2D eigenvalue weighted by atomic mass is 10.1. The molecule has 0 fully saturated rings. The molecule has 1 N–H and O–H groups in total. The quantitative estimate of drug-likeness (QED) is 0.681. The fourth-order valence-electron chi connectivity index (χ4n) is 3.13. The second-order valence-corrected chi connectivity index (χ2v) is 6.83. The number of benzene rings is 2. The molecule has 0 spiro atoms. The summed E-state index contributed by atoms with van der Waals surface area (Å²) in [7, 11) is 3.83. The van der Waals surface area contributed by atoms with Gasteiger partial charge in [0.15, 0.2) is 0 Å². The van der Waals surface area contributed by atoms with Gasteiger partial charge in [-0.2, -0.15) is 5.10 Å². The van der Waals surface area contributed by atoms with E-state index in [2.05, 4.69) is 10.4 Å². The molecule has 3 aromatic rings. The first-order valence-corrected chi connectivity index (χ1v) is 9.09. The molecule has 0 bridgehead atoms. The summed E-state index contributed by atoms with van der Waals surface area (Å²) in [4.78, 5) is 26.2. The molecule has 0 aliphatic carbocycles. The van der Waals surface area contributed by atoms with Crippen molar-refractivity contribution >= 4 is 16.8 Å². The normalized spacial score (nSPS) is 12.3. The van der Waals surface area contributed by atoms with Crippen molar-refractivity contribution in [1.82, 2.24) is 20.0 Å². The van der Waals surface area contributed by atoms with Crippen LogP contribution in [0.1, 0.15) is 18.0 Å². The highest BCUT2D eigenvalue weighted by Crippen LogP contribution is 2.17. The number of para-hydroxylation sites is 1. The van der Waals surface area contributed by atoms with Crippen LogP contribution in [0.25, 0.3) is 10.9 Å². The monoisotopic (exact) mass is 382 g/mol. The summed E-state index contributed by atoms with van der Waals surface area (Å²) < 4.78 is 14.8. The molecule has 0 radical (unpaired) electrons. The van der Waals surface area contributed by atoms with E-state index in [1.54, 1.807) is 28.9 Å². The molecule has 2 aromatic carbocycles. The van der Waals surface area contributed by atoms with Crippen molar-refractivity contribution in [2.75, 3.05) is 20.6 Å². The molecular formula is C21H23FN4O2. The Bertz CT molecular complexity index is 1010. The Morgan fingerprint density at radius 1 is 1.18 bits per heavy atom. The van der Waals surface area contributed by atoms with Crippen LogP contribution in [0.5, 0.6) is 0 Å². The van der Waals surface area contributed by atoms with Gasteiger partial charge >= 0.3 is 0 Å². The van der Waals surface area contributed by atoms with Gasteiger partial charge in [-0.3, -0.25) is 14.3 Å². The van der Waals surface area contributed by atoms with Gasteiger partial charge in [0.2, 0.25) is 11.3 Å². The summed E-state index contributed by atoms with van der Waals surface area (Å²) in [5.74, 6) is -0.398. The molecule has 7 heteroatoms. The lowest BCUT2D eigenvalue weighted by Crippen LogP contribution is -2.35. The van der Waals surface area contributed by atoms with E-state index >= 15 is 0 Å². The predicted octanol–water partition coefficient (Wildman–Crippen LogP) is 2.34. The Morgan fingerprint density at radius 2 is 1.89 bits per heavy atom. The number of carbonyl (C=O) groups excluding carboxylic acids is 1. The third-order valence-electron chi connectivity index (χ3n) is 4.68. The maximum absolute atomic E-state index is 13.2. The number of carbonyl (C=O) groups is 1. The highest BCUT2D eigenvalue weighted by molar-refractivity contribution is 5.79. The van der Waals surface area contributed by atoms with E-state index in [9.17, 15) is 14.0 Å². The maximum atomic E-state index is 13.2. The molecule has 146 valence electrons. The van der Waals surface area contributed by atoms with E-state index in [0.717, 1.165) is 5.56 Å². The lowest BCUT2D eigenvalue weighted by molar-refractivity contribution is -0.121. The van der Waals surface area contributed by atoms with Crippen LogP contribution in [0, 0.1) is 5.82 Å². The van der Waals surface area contributed by atoms with Gasteiger partial charge in [-0.15, -0.1) is 0 Å². The Hall–Kier alpha value is -3.06. The van der Waals surface area contributed by atoms with Gasteiger partial charge in [-0.1, -0.05) is 24.3 Å². The highest BCUT2D eigenvalue weighted by Gasteiger charge is 2.15. The van der Waals surface area contributed by atoms with Crippen LogP contribution in [0.4, 0.5) is 4.39 Å². The molecule has 0 saturated carbocycles. The molecule has 0 saturated heterocycles. The van der Waals surface area contributed by atoms with Crippen LogP contribution in [-0.4, -0.2) is 41.2 Å². The van der Waals surface area contributed by atoms with Crippen LogP contribution in [0.3, 0.4) is 0 Å². The van der Waals surface area contributed by atoms with Gasteiger partial charge in [-0.05, 0) is 43.9 Å². The number of likely N-dealkylation sites (N-methyl/N-ethyl adjacent to an activating group) is 1. The first-order valence-electron chi connectivity index (χ1n) is 9.09. The van der Waals surface area contributed by atoms with E-state index in [4.69, 9.17) is 0 Å². The van der Waals surface area contributed by atoms with Crippen LogP contribution >= 0.6 is 0 Å². The van der Waals surface area contributed by atoms with Crippen molar-refractivity contribution in [3.8, 4) is 0 Å². The number of hydrogen-bond acceptors (Lipinski definition) is 4. The molecule has 0 aliphatic heterocycles. The largest absolute Gasteiger partial charge is 0.354 e. The number of nitrogens with one attached hydrogen (secondary N) is 1. The number of amides is 1. The lowest BCUT2D eigenvalue weighted by Gasteiger charge is -2.25. The SMILES string of the molecule is CN(C)C(CNC(=O)CCn1ncc(=O)c2ccccc21)c1ccc(F)cc1. The minimum Gasteiger partial charge on any atom is -0.354 e. The molecule has 1 unspecified atom stereocenters. The molecule has 28 heavy (non-hydrogen) atoms. The van der Waals surface area contributed by atoms with Crippen molar-refractivity contribution in [1.29, 1.82) is 0 Å². The number of halogens is 1. The molecule has 1 atom stereocenters. The Balaban J connectivity index is 1.62. The first kappa shape index (κ1) is 19.7.